The second kappa shape index (κ2) is 9.77. The normalized spacial score (nSPS) is 18.1. The van der Waals surface area contributed by atoms with Crippen molar-refractivity contribution < 1.29 is 30.6 Å². The van der Waals surface area contributed by atoms with E-state index in [1.54, 1.807) is 11.8 Å². The lowest BCUT2D eigenvalue weighted by molar-refractivity contribution is -0.137. The highest BCUT2D eigenvalue weighted by atomic mass is 32.2. The number of alkyl halides is 3. The number of benzene rings is 1. The molecule has 0 unspecified atom stereocenters. The van der Waals surface area contributed by atoms with Crippen molar-refractivity contribution >= 4 is 16.0 Å². The number of piperidine rings is 1. The highest BCUT2D eigenvalue weighted by Crippen LogP contribution is 2.34. The average molecular weight is 512 g/mol. The van der Waals surface area contributed by atoms with Crippen LogP contribution in [0, 0.1) is 6.92 Å². The van der Waals surface area contributed by atoms with Crippen molar-refractivity contribution in [2.45, 2.75) is 44.8 Å². The summed E-state index contributed by atoms with van der Waals surface area (Å²) in [5.74, 6) is -0.823. The van der Waals surface area contributed by atoms with E-state index in [9.17, 15) is 26.4 Å². The summed E-state index contributed by atoms with van der Waals surface area (Å²) in [4.78, 5) is 21.7. The Morgan fingerprint density at radius 3 is 2.34 bits per heavy atom. The molecule has 2 aromatic rings. The van der Waals surface area contributed by atoms with Crippen LogP contribution in [0.25, 0.3) is 11.3 Å². The van der Waals surface area contributed by atoms with E-state index in [2.05, 4.69) is 9.88 Å². The fraction of sp³-hybridized carbons (Fsp3) is 0.500. The van der Waals surface area contributed by atoms with Crippen LogP contribution in [-0.4, -0.2) is 67.6 Å². The van der Waals surface area contributed by atoms with E-state index in [1.807, 2.05) is 0 Å². The first-order chi connectivity index (χ1) is 16.4. The summed E-state index contributed by atoms with van der Waals surface area (Å²) in [6, 6.07) is 6.46. The van der Waals surface area contributed by atoms with Gasteiger partial charge in [0.15, 0.2) is 0 Å². The van der Waals surface area contributed by atoms with Gasteiger partial charge in [-0.25, -0.2) is 4.98 Å². The van der Waals surface area contributed by atoms with Gasteiger partial charge in [-0.1, -0.05) is 12.1 Å². The second-order valence-corrected chi connectivity index (χ2v) is 10.7. The van der Waals surface area contributed by atoms with Crippen LogP contribution in [0.15, 0.2) is 30.3 Å². The van der Waals surface area contributed by atoms with E-state index >= 15 is 0 Å². The van der Waals surface area contributed by atoms with E-state index in [0.717, 1.165) is 44.3 Å². The third kappa shape index (κ3) is 5.95. The largest absolute Gasteiger partial charge is 0.416 e. The van der Waals surface area contributed by atoms with E-state index < -0.39 is 33.6 Å². The zero-order valence-corrected chi connectivity index (χ0v) is 20.5. The zero-order chi connectivity index (χ0) is 25.4. The summed E-state index contributed by atoms with van der Waals surface area (Å²) < 4.78 is 68.5. The molecule has 1 aromatic carbocycles. The van der Waals surface area contributed by atoms with Crippen molar-refractivity contribution in [3.05, 3.63) is 47.0 Å². The van der Waals surface area contributed by atoms with Crippen molar-refractivity contribution in [1.82, 2.24) is 14.8 Å². The topological polar surface area (TPSA) is 79.8 Å². The Morgan fingerprint density at radius 2 is 1.74 bits per heavy atom. The third-order valence-electron chi connectivity index (χ3n) is 6.52. The molecule has 2 saturated heterocycles. The molecule has 0 spiro atoms. The van der Waals surface area contributed by atoms with Crippen LogP contribution < -0.4 is 4.18 Å². The fourth-order valence-electron chi connectivity index (χ4n) is 4.81. The van der Waals surface area contributed by atoms with Crippen molar-refractivity contribution in [2.75, 3.05) is 32.4 Å². The van der Waals surface area contributed by atoms with E-state index in [4.69, 9.17) is 4.18 Å². The van der Waals surface area contributed by atoms with Gasteiger partial charge in [0.25, 0.3) is 5.91 Å². The van der Waals surface area contributed by atoms with Gasteiger partial charge in [-0.2, -0.15) is 21.6 Å². The molecule has 2 aliphatic heterocycles. The van der Waals surface area contributed by atoms with Crippen molar-refractivity contribution in [1.29, 1.82) is 0 Å². The Balaban J connectivity index is 1.65. The molecule has 11 heteroatoms. The Labute approximate surface area is 203 Å². The maximum absolute atomic E-state index is 13.4. The molecular weight excluding hydrogens is 483 g/mol. The number of carbonyl (C=O) groups excluding carboxylic acids is 1. The molecule has 3 heterocycles. The molecule has 0 aliphatic carbocycles. The van der Waals surface area contributed by atoms with Crippen molar-refractivity contribution in [3.8, 4) is 17.1 Å². The van der Waals surface area contributed by atoms with Crippen LogP contribution in [-0.2, 0) is 16.3 Å². The lowest BCUT2D eigenvalue weighted by atomic mass is 10.0. The predicted octanol–water partition coefficient (Wildman–Crippen LogP) is 4.11. The van der Waals surface area contributed by atoms with Crippen molar-refractivity contribution in [3.63, 3.8) is 0 Å². The van der Waals surface area contributed by atoms with Gasteiger partial charge in [0.05, 0.1) is 17.5 Å². The summed E-state index contributed by atoms with van der Waals surface area (Å²) in [5, 5.41) is 0. The fourth-order valence-corrected chi connectivity index (χ4v) is 5.22. The molecule has 190 valence electrons. The Kier molecular flexibility index (Phi) is 7.10. The molecular formula is C24H28F3N3O4S. The number of aryl methyl sites for hydroxylation is 1. The first-order valence-corrected chi connectivity index (χ1v) is 13.4. The minimum Gasteiger partial charge on any atom is -0.361 e. The molecule has 0 saturated carbocycles. The second-order valence-electron chi connectivity index (χ2n) is 9.14. The van der Waals surface area contributed by atoms with E-state index in [0.29, 0.717) is 24.7 Å². The number of likely N-dealkylation sites (tertiary alicyclic amines) is 2. The van der Waals surface area contributed by atoms with Crippen LogP contribution in [0.1, 0.15) is 47.2 Å². The number of halogens is 3. The maximum atomic E-state index is 13.4. The standard InChI is InChI=1S/C24H28F3N3O4S/c1-16-14-20(17-6-5-7-18(15-17)24(25,26)27)28-22(34-35(2,32)33)21(16)23(31)30-12-8-19(9-13-30)29-10-3-4-11-29/h5-7,14-15,19H,3-4,8-13H2,1-2H3. The highest BCUT2D eigenvalue weighted by Gasteiger charge is 2.33. The number of rotatable bonds is 5. The van der Waals surface area contributed by atoms with Gasteiger partial charge >= 0.3 is 16.3 Å². The number of pyridine rings is 1. The lowest BCUT2D eigenvalue weighted by Gasteiger charge is -2.37. The number of hydrogen-bond acceptors (Lipinski definition) is 6. The summed E-state index contributed by atoms with van der Waals surface area (Å²) in [6.45, 7) is 4.79. The highest BCUT2D eigenvalue weighted by molar-refractivity contribution is 7.86. The number of carbonyl (C=O) groups is 1. The number of nitrogens with zero attached hydrogens (tertiary/aromatic N) is 3. The summed E-state index contributed by atoms with van der Waals surface area (Å²) in [5.41, 5.74) is -0.271. The van der Waals surface area contributed by atoms with Gasteiger partial charge < -0.3 is 14.0 Å². The van der Waals surface area contributed by atoms with Crippen LogP contribution in [0.5, 0.6) is 5.88 Å². The molecule has 4 rings (SSSR count). The average Bonchev–Trinajstić information content (AvgIpc) is 3.32. The summed E-state index contributed by atoms with van der Waals surface area (Å²) in [7, 11) is -4.05. The molecule has 2 fully saturated rings. The van der Waals surface area contributed by atoms with Crippen LogP contribution in [0.4, 0.5) is 13.2 Å². The maximum Gasteiger partial charge on any atom is 0.416 e. The molecule has 1 aromatic heterocycles. The molecule has 0 bridgehead atoms. The molecule has 2 aliphatic rings. The molecule has 1 amide bonds. The van der Waals surface area contributed by atoms with E-state index in [1.165, 1.54) is 31.0 Å². The van der Waals surface area contributed by atoms with Gasteiger partial charge in [-0.05, 0) is 69.5 Å². The smallest absolute Gasteiger partial charge is 0.361 e. The predicted molar refractivity (Wildman–Crippen MR) is 125 cm³/mol. The third-order valence-corrected chi connectivity index (χ3v) is 6.98. The van der Waals surface area contributed by atoms with E-state index in [-0.39, 0.29) is 16.8 Å². The van der Waals surface area contributed by atoms with Gasteiger partial charge in [0.1, 0.15) is 5.56 Å². The van der Waals surface area contributed by atoms with Gasteiger partial charge in [-0.3, -0.25) is 4.79 Å². The monoisotopic (exact) mass is 511 g/mol. The van der Waals surface area contributed by atoms with Crippen LogP contribution in [0.3, 0.4) is 0 Å². The van der Waals surface area contributed by atoms with Crippen molar-refractivity contribution in [2.24, 2.45) is 0 Å². The first kappa shape index (κ1) is 25.4. The SMILES string of the molecule is Cc1cc(-c2cccc(C(F)(F)F)c2)nc(OS(C)(=O)=O)c1C(=O)N1CCC(N2CCCC2)CC1. The Bertz CT molecular complexity index is 1200. The van der Waals surface area contributed by atoms with Crippen LogP contribution >= 0.6 is 0 Å². The minimum atomic E-state index is -4.55. The first-order valence-electron chi connectivity index (χ1n) is 11.5. The van der Waals surface area contributed by atoms with Gasteiger partial charge in [0.2, 0.25) is 5.88 Å². The summed E-state index contributed by atoms with van der Waals surface area (Å²) in [6.07, 6.45) is 0.305. The van der Waals surface area contributed by atoms with Gasteiger partial charge in [0, 0.05) is 24.7 Å². The number of aromatic nitrogens is 1. The van der Waals surface area contributed by atoms with Gasteiger partial charge in [-0.15, -0.1) is 0 Å². The molecule has 35 heavy (non-hydrogen) atoms. The van der Waals surface area contributed by atoms with Crippen LogP contribution in [0.2, 0.25) is 0 Å². The quantitative estimate of drug-likeness (QED) is 0.562. The minimum absolute atomic E-state index is 0.00535. The molecule has 0 atom stereocenters. The number of amides is 1. The molecule has 0 N–H and O–H groups in total. The Hall–Kier alpha value is -2.66. The zero-order valence-electron chi connectivity index (χ0n) is 19.6. The Morgan fingerprint density at radius 1 is 1.09 bits per heavy atom. The molecule has 7 nitrogen and oxygen atoms in total. The molecule has 0 radical (unpaired) electrons. The number of hydrogen-bond donors (Lipinski definition) is 0. The lowest BCUT2D eigenvalue weighted by Crippen LogP contribution is -2.46. The summed E-state index contributed by atoms with van der Waals surface area (Å²) >= 11 is 0.